The quantitative estimate of drug-likeness (QED) is 0.810. The van der Waals surface area contributed by atoms with Crippen LogP contribution in [0.5, 0.6) is 0 Å². The molecule has 0 saturated heterocycles. The molecule has 0 unspecified atom stereocenters. The average Bonchev–Trinajstić information content (AvgIpc) is 2.50. The molecule has 0 fully saturated rings. The smallest absolute Gasteiger partial charge is 0.338 e. The molecule has 0 aliphatic carbocycles. The van der Waals surface area contributed by atoms with E-state index in [0.717, 1.165) is 28.6 Å². The minimum absolute atomic E-state index is 0.307. The summed E-state index contributed by atoms with van der Waals surface area (Å²) in [4.78, 5) is 22.8. The van der Waals surface area contributed by atoms with Crippen molar-refractivity contribution in [3.8, 4) is 0 Å². The molecule has 1 aromatic heterocycles. The van der Waals surface area contributed by atoms with Crippen molar-refractivity contribution in [1.29, 1.82) is 0 Å². The van der Waals surface area contributed by atoms with Gasteiger partial charge in [0.05, 0.1) is 29.3 Å². The van der Waals surface area contributed by atoms with Crippen LogP contribution < -0.4 is 4.90 Å². The van der Waals surface area contributed by atoms with Crippen LogP contribution in [0.2, 0.25) is 0 Å². The molecule has 0 N–H and O–H groups in total. The van der Waals surface area contributed by atoms with E-state index in [1.807, 2.05) is 44.9 Å². The fourth-order valence-electron chi connectivity index (χ4n) is 2.18. The normalized spacial score (nSPS) is 10.4. The lowest BCUT2D eigenvalue weighted by Gasteiger charge is -2.21. The van der Waals surface area contributed by atoms with Crippen molar-refractivity contribution in [2.75, 3.05) is 18.6 Å². The molecule has 5 heteroatoms. The van der Waals surface area contributed by atoms with Gasteiger partial charge in [0.15, 0.2) is 5.82 Å². The number of carbonyl (C=O) groups excluding carboxylic acids is 1. The number of benzene rings is 1. The lowest BCUT2D eigenvalue weighted by Crippen LogP contribution is -2.15. The third kappa shape index (κ3) is 3.24. The van der Waals surface area contributed by atoms with E-state index in [1.165, 1.54) is 0 Å². The Labute approximate surface area is 131 Å². The van der Waals surface area contributed by atoms with Gasteiger partial charge >= 0.3 is 5.97 Å². The summed E-state index contributed by atoms with van der Waals surface area (Å²) in [6.45, 7) is 8.01. The van der Waals surface area contributed by atoms with Crippen molar-refractivity contribution in [1.82, 2.24) is 9.97 Å². The first-order valence-corrected chi connectivity index (χ1v) is 7.26. The van der Waals surface area contributed by atoms with Crippen LogP contribution in [0, 0.1) is 20.8 Å². The van der Waals surface area contributed by atoms with E-state index in [2.05, 4.69) is 9.97 Å². The van der Waals surface area contributed by atoms with Crippen LogP contribution in [0.4, 0.5) is 11.5 Å². The van der Waals surface area contributed by atoms with Gasteiger partial charge in [-0.05, 0) is 52.0 Å². The van der Waals surface area contributed by atoms with Gasteiger partial charge in [0.2, 0.25) is 0 Å². The summed E-state index contributed by atoms with van der Waals surface area (Å²) in [6.07, 6.45) is 0. The van der Waals surface area contributed by atoms with E-state index in [0.29, 0.717) is 12.2 Å². The predicted octanol–water partition coefficient (Wildman–Crippen LogP) is 3.35. The number of carbonyl (C=O) groups is 1. The molecule has 5 nitrogen and oxygen atoms in total. The molecule has 1 aromatic carbocycles. The van der Waals surface area contributed by atoms with Crippen molar-refractivity contribution in [3.05, 3.63) is 46.9 Å². The maximum Gasteiger partial charge on any atom is 0.338 e. The largest absolute Gasteiger partial charge is 0.462 e. The maximum atomic E-state index is 11.7. The summed E-state index contributed by atoms with van der Waals surface area (Å²) in [6, 6.07) is 7.27. The highest BCUT2D eigenvalue weighted by atomic mass is 16.5. The number of anilines is 2. The van der Waals surface area contributed by atoms with Gasteiger partial charge < -0.3 is 9.64 Å². The predicted molar refractivity (Wildman–Crippen MR) is 86.7 cm³/mol. The van der Waals surface area contributed by atoms with Gasteiger partial charge in [0, 0.05) is 12.7 Å². The number of rotatable bonds is 4. The SMILES string of the molecule is CCOC(=O)c1ccc(N(C)c2nc(C)c(C)nc2C)cc1. The van der Waals surface area contributed by atoms with E-state index in [-0.39, 0.29) is 5.97 Å². The minimum atomic E-state index is -0.307. The molecular weight excluding hydrogens is 278 g/mol. The van der Waals surface area contributed by atoms with Crippen LogP contribution in [0.25, 0.3) is 0 Å². The van der Waals surface area contributed by atoms with Crippen LogP contribution in [-0.4, -0.2) is 29.6 Å². The van der Waals surface area contributed by atoms with Gasteiger partial charge in [-0.1, -0.05) is 0 Å². The van der Waals surface area contributed by atoms with Gasteiger partial charge in [-0.15, -0.1) is 0 Å². The second-order valence-corrected chi connectivity index (χ2v) is 5.13. The zero-order chi connectivity index (χ0) is 16.3. The maximum absolute atomic E-state index is 11.7. The molecule has 2 aromatic rings. The van der Waals surface area contributed by atoms with Crippen LogP contribution >= 0.6 is 0 Å². The molecule has 0 saturated carbocycles. The number of aromatic nitrogens is 2. The Balaban J connectivity index is 2.28. The van der Waals surface area contributed by atoms with Gasteiger partial charge in [-0.3, -0.25) is 4.98 Å². The van der Waals surface area contributed by atoms with Gasteiger partial charge in [-0.2, -0.15) is 0 Å². The Morgan fingerprint density at radius 2 is 1.64 bits per heavy atom. The zero-order valence-electron chi connectivity index (χ0n) is 13.7. The molecule has 1 heterocycles. The second-order valence-electron chi connectivity index (χ2n) is 5.13. The Bertz CT molecular complexity index is 681. The number of nitrogens with zero attached hydrogens (tertiary/aromatic N) is 3. The molecule has 0 aliphatic heterocycles. The highest BCUT2D eigenvalue weighted by Crippen LogP contribution is 2.25. The molecule has 0 aliphatic rings. The van der Waals surface area contributed by atoms with E-state index in [4.69, 9.17) is 4.74 Å². The van der Waals surface area contributed by atoms with Crippen LogP contribution in [-0.2, 0) is 4.74 Å². The summed E-state index contributed by atoms with van der Waals surface area (Å²) in [7, 11) is 1.94. The molecule has 0 bridgehead atoms. The molecular formula is C17H21N3O2. The lowest BCUT2D eigenvalue weighted by molar-refractivity contribution is 0.0526. The summed E-state index contributed by atoms with van der Waals surface area (Å²) < 4.78 is 4.99. The molecule has 0 atom stereocenters. The van der Waals surface area contributed by atoms with E-state index in [9.17, 15) is 4.79 Å². The number of ether oxygens (including phenoxy) is 1. The number of aryl methyl sites for hydroxylation is 3. The van der Waals surface area contributed by atoms with E-state index >= 15 is 0 Å². The van der Waals surface area contributed by atoms with Gasteiger partial charge in [-0.25, -0.2) is 9.78 Å². The Morgan fingerprint density at radius 3 is 2.23 bits per heavy atom. The first kappa shape index (κ1) is 15.9. The Kier molecular flexibility index (Phi) is 4.75. The summed E-state index contributed by atoms with van der Waals surface area (Å²) in [5.74, 6) is 0.505. The van der Waals surface area contributed by atoms with Crippen molar-refractivity contribution in [3.63, 3.8) is 0 Å². The molecule has 2 rings (SSSR count). The fourth-order valence-corrected chi connectivity index (χ4v) is 2.18. The summed E-state index contributed by atoms with van der Waals surface area (Å²) in [5.41, 5.74) is 4.21. The second kappa shape index (κ2) is 6.56. The monoisotopic (exact) mass is 299 g/mol. The molecule has 0 radical (unpaired) electrons. The van der Waals surface area contributed by atoms with Crippen LogP contribution in [0.15, 0.2) is 24.3 Å². The van der Waals surface area contributed by atoms with Crippen LogP contribution in [0.1, 0.15) is 34.4 Å². The lowest BCUT2D eigenvalue weighted by atomic mass is 10.2. The Morgan fingerprint density at radius 1 is 1.05 bits per heavy atom. The third-order valence-electron chi connectivity index (χ3n) is 3.54. The summed E-state index contributed by atoms with van der Waals surface area (Å²) >= 11 is 0. The van der Waals surface area contributed by atoms with Crippen molar-refractivity contribution in [2.24, 2.45) is 0 Å². The zero-order valence-corrected chi connectivity index (χ0v) is 13.7. The van der Waals surface area contributed by atoms with E-state index < -0.39 is 0 Å². The highest BCUT2D eigenvalue weighted by Gasteiger charge is 2.13. The van der Waals surface area contributed by atoms with Crippen LogP contribution in [0.3, 0.4) is 0 Å². The first-order valence-electron chi connectivity index (χ1n) is 7.26. The average molecular weight is 299 g/mol. The van der Waals surface area contributed by atoms with Gasteiger partial charge in [0.1, 0.15) is 0 Å². The first-order chi connectivity index (χ1) is 10.4. The fraction of sp³-hybridized carbons (Fsp3) is 0.353. The van der Waals surface area contributed by atoms with Crippen molar-refractivity contribution in [2.45, 2.75) is 27.7 Å². The van der Waals surface area contributed by atoms with Crippen molar-refractivity contribution < 1.29 is 9.53 Å². The van der Waals surface area contributed by atoms with Crippen molar-refractivity contribution >= 4 is 17.5 Å². The standard InChI is InChI=1S/C17H21N3O2/c1-6-22-17(21)14-7-9-15(10-8-14)20(5)16-13(4)18-11(2)12(3)19-16/h7-10H,6H2,1-5H3. The Hall–Kier alpha value is -2.43. The molecule has 0 amide bonds. The van der Waals surface area contributed by atoms with Gasteiger partial charge in [0.25, 0.3) is 0 Å². The number of hydrogen-bond donors (Lipinski definition) is 0. The summed E-state index contributed by atoms with van der Waals surface area (Å²) in [5, 5.41) is 0. The van der Waals surface area contributed by atoms with E-state index in [1.54, 1.807) is 19.1 Å². The topological polar surface area (TPSA) is 55.3 Å². The third-order valence-corrected chi connectivity index (χ3v) is 3.54. The molecule has 22 heavy (non-hydrogen) atoms. The minimum Gasteiger partial charge on any atom is -0.462 e. The number of esters is 1. The number of hydrogen-bond acceptors (Lipinski definition) is 5. The molecule has 0 spiro atoms. The molecule has 116 valence electrons. The highest BCUT2D eigenvalue weighted by molar-refractivity contribution is 5.90.